The summed E-state index contributed by atoms with van der Waals surface area (Å²) in [6, 6.07) is 3.48. The Morgan fingerprint density at radius 1 is 1.38 bits per heavy atom. The molecule has 0 aliphatic carbocycles. The van der Waals surface area contributed by atoms with Gasteiger partial charge in [0.2, 0.25) is 5.91 Å². The molecule has 0 aliphatic rings. The number of carbonyl (C=O) groups is 3. The molecule has 0 saturated heterocycles. The monoisotopic (exact) mass is 395 g/mol. The first-order chi connectivity index (χ1) is 11.4. The van der Waals surface area contributed by atoms with Gasteiger partial charge in [0.15, 0.2) is 0 Å². The molecule has 2 aromatic heterocycles. The number of carboxylic acids is 1. The molecule has 2 heterocycles. The second-order valence-corrected chi connectivity index (χ2v) is 5.54. The summed E-state index contributed by atoms with van der Waals surface area (Å²) in [7, 11) is 0. The molecule has 0 spiro atoms. The normalized spacial score (nSPS) is 10.9. The number of pyridine rings is 1. The van der Waals surface area contributed by atoms with Crippen LogP contribution in [0.1, 0.15) is 12.6 Å². The number of aliphatic carboxylic acids is 1. The molecule has 2 aromatic rings. The highest BCUT2D eigenvalue weighted by atomic mass is 79.9. The fourth-order valence-electron chi connectivity index (χ4n) is 1.98. The van der Waals surface area contributed by atoms with Crippen molar-refractivity contribution < 1.29 is 24.2 Å². The van der Waals surface area contributed by atoms with Crippen molar-refractivity contribution >= 4 is 45.2 Å². The van der Waals surface area contributed by atoms with Gasteiger partial charge in [0, 0.05) is 22.8 Å². The van der Waals surface area contributed by atoms with Crippen LogP contribution in [0, 0.1) is 0 Å². The topological polar surface area (TPSA) is 110 Å². The Bertz CT molecular complexity index is 828. The maximum absolute atomic E-state index is 11.9. The summed E-state index contributed by atoms with van der Waals surface area (Å²) >= 11 is 3.32. The van der Waals surface area contributed by atoms with Crippen molar-refractivity contribution in [2.24, 2.45) is 0 Å². The molecular formula is C15H14BrN3O5. The van der Waals surface area contributed by atoms with Crippen molar-refractivity contribution in [2.45, 2.75) is 13.3 Å². The lowest BCUT2D eigenvalue weighted by atomic mass is 10.3. The van der Waals surface area contributed by atoms with Gasteiger partial charge < -0.3 is 15.2 Å². The van der Waals surface area contributed by atoms with Crippen molar-refractivity contribution in [1.29, 1.82) is 0 Å². The van der Waals surface area contributed by atoms with Gasteiger partial charge in [-0.1, -0.05) is 0 Å². The SMILES string of the molecule is CCOC(=O)Cc1nc2ccc(Br)cn2c1NC(=O)/C=C/C(=O)O. The quantitative estimate of drug-likeness (QED) is 0.569. The van der Waals surface area contributed by atoms with Crippen LogP contribution >= 0.6 is 15.9 Å². The maximum Gasteiger partial charge on any atom is 0.328 e. The first kappa shape index (κ1) is 17.7. The molecule has 0 unspecified atom stereocenters. The third kappa shape index (κ3) is 4.42. The number of imidazole rings is 1. The van der Waals surface area contributed by atoms with E-state index in [0.29, 0.717) is 11.3 Å². The summed E-state index contributed by atoms with van der Waals surface area (Å²) in [6.45, 7) is 1.93. The van der Waals surface area contributed by atoms with Gasteiger partial charge in [-0.2, -0.15) is 0 Å². The zero-order chi connectivity index (χ0) is 17.7. The number of rotatable bonds is 6. The zero-order valence-electron chi connectivity index (χ0n) is 12.7. The van der Waals surface area contributed by atoms with Crippen molar-refractivity contribution in [3.05, 3.63) is 40.6 Å². The van der Waals surface area contributed by atoms with E-state index < -0.39 is 17.8 Å². The Balaban J connectivity index is 2.39. The molecule has 24 heavy (non-hydrogen) atoms. The fraction of sp³-hybridized carbons (Fsp3) is 0.200. The van der Waals surface area contributed by atoms with Crippen LogP contribution in [-0.2, 0) is 25.5 Å². The largest absolute Gasteiger partial charge is 0.478 e. The molecule has 2 N–H and O–H groups in total. The minimum absolute atomic E-state index is 0.120. The van der Waals surface area contributed by atoms with E-state index in [-0.39, 0.29) is 18.8 Å². The Hall–Kier alpha value is -2.68. The second kappa shape index (κ2) is 7.73. The van der Waals surface area contributed by atoms with Gasteiger partial charge in [-0.05, 0) is 35.0 Å². The highest BCUT2D eigenvalue weighted by molar-refractivity contribution is 9.10. The van der Waals surface area contributed by atoms with Gasteiger partial charge >= 0.3 is 11.9 Å². The van der Waals surface area contributed by atoms with E-state index in [1.807, 2.05) is 0 Å². The van der Waals surface area contributed by atoms with Crippen LogP contribution in [0.3, 0.4) is 0 Å². The van der Waals surface area contributed by atoms with Gasteiger partial charge in [0.1, 0.15) is 11.5 Å². The van der Waals surface area contributed by atoms with Crippen LogP contribution in [0.25, 0.3) is 5.65 Å². The van der Waals surface area contributed by atoms with Gasteiger partial charge in [-0.3, -0.25) is 14.0 Å². The molecule has 0 atom stereocenters. The standard InChI is InChI=1S/C15H14BrN3O5/c1-2-24-14(23)7-10-15(18-12(20)5-6-13(21)22)19-8-9(16)3-4-11(19)17-10/h3-6,8H,2,7H2,1H3,(H,18,20)(H,21,22)/b6-5+. The molecule has 126 valence electrons. The summed E-state index contributed by atoms with van der Waals surface area (Å²) in [5.74, 6) is -2.09. The number of hydrogen-bond donors (Lipinski definition) is 2. The van der Waals surface area contributed by atoms with Crippen LogP contribution < -0.4 is 5.32 Å². The average molecular weight is 396 g/mol. The number of halogens is 1. The molecular weight excluding hydrogens is 382 g/mol. The molecule has 0 aromatic carbocycles. The summed E-state index contributed by atoms with van der Waals surface area (Å²) in [5.41, 5.74) is 0.846. The number of anilines is 1. The smallest absolute Gasteiger partial charge is 0.328 e. The van der Waals surface area contributed by atoms with E-state index in [1.54, 1.807) is 29.7 Å². The van der Waals surface area contributed by atoms with Gasteiger partial charge in [0.05, 0.1) is 18.7 Å². The minimum atomic E-state index is -1.24. The van der Waals surface area contributed by atoms with Crippen LogP contribution in [0.2, 0.25) is 0 Å². The molecule has 0 aliphatic heterocycles. The van der Waals surface area contributed by atoms with E-state index in [9.17, 15) is 14.4 Å². The van der Waals surface area contributed by atoms with Gasteiger partial charge in [-0.15, -0.1) is 0 Å². The molecule has 2 rings (SSSR count). The number of nitrogens with one attached hydrogen (secondary N) is 1. The van der Waals surface area contributed by atoms with Crippen molar-refractivity contribution in [1.82, 2.24) is 9.38 Å². The van der Waals surface area contributed by atoms with E-state index in [1.165, 1.54) is 0 Å². The lowest BCUT2D eigenvalue weighted by Crippen LogP contribution is -2.14. The van der Waals surface area contributed by atoms with E-state index in [2.05, 4.69) is 26.2 Å². The lowest BCUT2D eigenvalue weighted by Gasteiger charge is -2.06. The minimum Gasteiger partial charge on any atom is -0.478 e. The molecule has 0 saturated carbocycles. The summed E-state index contributed by atoms with van der Waals surface area (Å²) in [5, 5.41) is 11.1. The predicted molar refractivity (Wildman–Crippen MR) is 88.6 cm³/mol. The molecule has 9 heteroatoms. The number of carbonyl (C=O) groups excluding carboxylic acids is 2. The van der Waals surface area contributed by atoms with Crippen LogP contribution in [-0.4, -0.2) is 38.9 Å². The van der Waals surface area contributed by atoms with Crippen molar-refractivity contribution in [3.8, 4) is 0 Å². The van der Waals surface area contributed by atoms with Crippen LogP contribution in [0.5, 0.6) is 0 Å². The Morgan fingerprint density at radius 2 is 2.12 bits per heavy atom. The Kier molecular flexibility index (Phi) is 5.69. The third-order valence-electron chi connectivity index (χ3n) is 2.89. The Morgan fingerprint density at radius 3 is 2.79 bits per heavy atom. The Labute approximate surface area is 145 Å². The first-order valence-corrected chi connectivity index (χ1v) is 7.74. The fourth-order valence-corrected chi connectivity index (χ4v) is 2.31. The summed E-state index contributed by atoms with van der Waals surface area (Å²) < 4.78 is 7.23. The maximum atomic E-state index is 11.9. The summed E-state index contributed by atoms with van der Waals surface area (Å²) in [4.78, 5) is 38.4. The molecule has 0 bridgehead atoms. The zero-order valence-corrected chi connectivity index (χ0v) is 14.2. The number of amides is 1. The number of esters is 1. The average Bonchev–Trinajstić information content (AvgIpc) is 2.82. The van der Waals surface area contributed by atoms with Crippen molar-refractivity contribution in [3.63, 3.8) is 0 Å². The number of ether oxygens (including phenoxy) is 1. The van der Waals surface area contributed by atoms with E-state index in [0.717, 1.165) is 16.6 Å². The van der Waals surface area contributed by atoms with E-state index >= 15 is 0 Å². The molecule has 0 radical (unpaired) electrons. The molecule has 1 amide bonds. The number of hydrogen-bond acceptors (Lipinski definition) is 5. The van der Waals surface area contributed by atoms with Crippen LogP contribution in [0.15, 0.2) is 35.0 Å². The molecule has 8 nitrogen and oxygen atoms in total. The van der Waals surface area contributed by atoms with Gasteiger partial charge in [-0.25, -0.2) is 9.78 Å². The number of aromatic nitrogens is 2. The third-order valence-corrected chi connectivity index (χ3v) is 3.36. The van der Waals surface area contributed by atoms with Crippen LogP contribution in [0.4, 0.5) is 5.82 Å². The highest BCUT2D eigenvalue weighted by Gasteiger charge is 2.17. The summed E-state index contributed by atoms with van der Waals surface area (Å²) in [6.07, 6.45) is 3.16. The predicted octanol–water partition coefficient (Wildman–Crippen LogP) is 1.78. The lowest BCUT2D eigenvalue weighted by molar-refractivity contribution is -0.142. The number of carboxylic acid groups (broad SMARTS) is 1. The second-order valence-electron chi connectivity index (χ2n) is 4.63. The van der Waals surface area contributed by atoms with E-state index in [4.69, 9.17) is 9.84 Å². The van der Waals surface area contributed by atoms with Crippen molar-refractivity contribution in [2.75, 3.05) is 11.9 Å². The first-order valence-electron chi connectivity index (χ1n) is 6.94. The highest BCUT2D eigenvalue weighted by Crippen LogP contribution is 2.22. The van der Waals surface area contributed by atoms with Gasteiger partial charge in [0.25, 0.3) is 0 Å². The molecule has 0 fully saturated rings. The number of nitrogens with zero attached hydrogens (tertiary/aromatic N) is 2. The number of fused-ring (bicyclic) bond motifs is 1.